The third-order valence-corrected chi connectivity index (χ3v) is 5.75. The highest BCUT2D eigenvalue weighted by molar-refractivity contribution is 6.51. The fraction of sp³-hybridized carbons (Fsp3) is 0.120. The standard InChI is InChI=1S/C25H18FNO5/c26-17-6-2-1-5-16(17)22-21(23(29)15-9-10-20-14(13-15)11-12-32-20)24(30)25(31)27(22)18-7-3-4-8-19(18)28/h1-10,13,22,28-29H,11-12H2/b23-21+. The smallest absolute Gasteiger partial charge is 0.300 e. The number of para-hydroxylation sites is 2. The lowest BCUT2D eigenvalue weighted by Gasteiger charge is -2.26. The highest BCUT2D eigenvalue weighted by Crippen LogP contribution is 2.45. The second kappa shape index (κ2) is 7.53. The molecule has 1 saturated heterocycles. The fourth-order valence-electron chi connectivity index (χ4n) is 4.23. The average Bonchev–Trinajstić information content (AvgIpc) is 3.36. The van der Waals surface area contributed by atoms with Crippen LogP contribution >= 0.6 is 0 Å². The summed E-state index contributed by atoms with van der Waals surface area (Å²) >= 11 is 0. The minimum Gasteiger partial charge on any atom is -0.507 e. The number of carbonyl (C=O) groups excluding carboxylic acids is 2. The van der Waals surface area contributed by atoms with Gasteiger partial charge in [-0.2, -0.15) is 0 Å². The van der Waals surface area contributed by atoms with E-state index in [1.165, 1.54) is 30.3 Å². The van der Waals surface area contributed by atoms with Gasteiger partial charge in [0.05, 0.1) is 23.9 Å². The van der Waals surface area contributed by atoms with Crippen LogP contribution in [0.3, 0.4) is 0 Å². The summed E-state index contributed by atoms with van der Waals surface area (Å²) in [5, 5.41) is 21.5. The minimum absolute atomic E-state index is 0.0287. The molecule has 0 radical (unpaired) electrons. The normalized spacial score (nSPS) is 19.2. The molecule has 0 aliphatic carbocycles. The van der Waals surface area contributed by atoms with E-state index in [-0.39, 0.29) is 22.6 Å². The van der Waals surface area contributed by atoms with Crippen LogP contribution in [0.5, 0.6) is 11.5 Å². The molecular formula is C25H18FNO5. The molecule has 6 nitrogen and oxygen atoms in total. The Balaban J connectivity index is 1.74. The molecule has 32 heavy (non-hydrogen) atoms. The largest absolute Gasteiger partial charge is 0.507 e. The van der Waals surface area contributed by atoms with Gasteiger partial charge < -0.3 is 14.9 Å². The van der Waals surface area contributed by atoms with Crippen LogP contribution in [-0.2, 0) is 16.0 Å². The lowest BCUT2D eigenvalue weighted by atomic mass is 9.94. The van der Waals surface area contributed by atoms with Crippen molar-refractivity contribution in [3.05, 3.63) is 94.8 Å². The number of aromatic hydroxyl groups is 1. The zero-order chi connectivity index (χ0) is 22.4. The van der Waals surface area contributed by atoms with Crippen molar-refractivity contribution < 1.29 is 28.9 Å². The predicted molar refractivity (Wildman–Crippen MR) is 115 cm³/mol. The number of phenols is 1. The number of amides is 1. The van der Waals surface area contributed by atoms with Gasteiger partial charge in [0.2, 0.25) is 0 Å². The minimum atomic E-state index is -1.26. The SMILES string of the molecule is O=C1C(=O)N(c2ccccc2O)C(c2ccccc2F)/C1=C(\O)c1ccc2c(c1)CCO2. The molecule has 5 rings (SSSR count). The van der Waals surface area contributed by atoms with Gasteiger partial charge in [0.15, 0.2) is 0 Å². The summed E-state index contributed by atoms with van der Waals surface area (Å²) in [6.07, 6.45) is 0.652. The molecule has 1 amide bonds. The van der Waals surface area contributed by atoms with E-state index >= 15 is 0 Å². The zero-order valence-corrected chi connectivity index (χ0v) is 16.8. The molecule has 0 bridgehead atoms. The first kappa shape index (κ1) is 19.8. The molecule has 2 aliphatic rings. The number of phenolic OH excluding ortho intramolecular Hbond substituents is 1. The molecule has 1 fully saturated rings. The molecule has 2 heterocycles. The van der Waals surface area contributed by atoms with Gasteiger partial charge in [-0.05, 0) is 42.0 Å². The number of hydrogen-bond donors (Lipinski definition) is 2. The summed E-state index contributed by atoms with van der Waals surface area (Å²) in [6, 6.07) is 15.4. The summed E-state index contributed by atoms with van der Waals surface area (Å²) < 4.78 is 20.4. The molecule has 1 unspecified atom stereocenters. The zero-order valence-electron chi connectivity index (χ0n) is 16.8. The number of halogens is 1. The van der Waals surface area contributed by atoms with E-state index in [0.717, 1.165) is 10.5 Å². The Labute approximate surface area is 182 Å². The maximum Gasteiger partial charge on any atom is 0.300 e. The summed E-state index contributed by atoms with van der Waals surface area (Å²) in [5.41, 5.74) is 1.02. The Bertz CT molecular complexity index is 1300. The third-order valence-electron chi connectivity index (χ3n) is 5.75. The van der Waals surface area contributed by atoms with Gasteiger partial charge in [0, 0.05) is 17.5 Å². The molecule has 3 aromatic rings. The van der Waals surface area contributed by atoms with Crippen molar-refractivity contribution in [2.45, 2.75) is 12.5 Å². The number of ketones is 1. The second-order valence-corrected chi connectivity index (χ2v) is 7.60. The highest BCUT2D eigenvalue weighted by Gasteiger charge is 2.48. The van der Waals surface area contributed by atoms with Gasteiger partial charge in [0.25, 0.3) is 11.7 Å². The average molecular weight is 431 g/mol. The fourth-order valence-corrected chi connectivity index (χ4v) is 4.23. The Morgan fingerprint density at radius 1 is 1.03 bits per heavy atom. The van der Waals surface area contributed by atoms with E-state index in [4.69, 9.17) is 4.74 Å². The number of benzene rings is 3. The van der Waals surface area contributed by atoms with Crippen molar-refractivity contribution in [3.63, 3.8) is 0 Å². The first-order valence-corrected chi connectivity index (χ1v) is 10.1. The maximum atomic E-state index is 14.9. The van der Waals surface area contributed by atoms with Gasteiger partial charge in [-0.1, -0.05) is 30.3 Å². The van der Waals surface area contributed by atoms with Gasteiger partial charge >= 0.3 is 0 Å². The third kappa shape index (κ3) is 3.01. The lowest BCUT2D eigenvalue weighted by molar-refractivity contribution is -0.132. The van der Waals surface area contributed by atoms with E-state index in [1.807, 2.05) is 0 Å². The molecule has 3 aromatic carbocycles. The lowest BCUT2D eigenvalue weighted by Crippen LogP contribution is -2.29. The van der Waals surface area contributed by atoms with Crippen LogP contribution in [0.2, 0.25) is 0 Å². The molecule has 1 atom stereocenters. The molecule has 2 aliphatic heterocycles. The number of hydrogen-bond acceptors (Lipinski definition) is 5. The van der Waals surface area contributed by atoms with Gasteiger partial charge in [-0.15, -0.1) is 0 Å². The first-order chi connectivity index (χ1) is 15.5. The van der Waals surface area contributed by atoms with Gasteiger partial charge in [-0.3, -0.25) is 14.5 Å². The van der Waals surface area contributed by atoms with Crippen LogP contribution in [0.1, 0.15) is 22.7 Å². The molecule has 160 valence electrons. The van der Waals surface area contributed by atoms with Crippen LogP contribution in [0.4, 0.5) is 10.1 Å². The number of aliphatic hydroxyl groups is 1. The predicted octanol–water partition coefficient (Wildman–Crippen LogP) is 4.09. The van der Waals surface area contributed by atoms with Crippen molar-refractivity contribution in [1.82, 2.24) is 0 Å². The molecule has 2 N–H and O–H groups in total. The Morgan fingerprint density at radius 2 is 1.78 bits per heavy atom. The number of nitrogens with zero attached hydrogens (tertiary/aromatic N) is 1. The van der Waals surface area contributed by atoms with Crippen LogP contribution < -0.4 is 9.64 Å². The molecule has 0 aromatic heterocycles. The Kier molecular flexibility index (Phi) is 4.66. The number of anilines is 1. The van der Waals surface area contributed by atoms with Crippen LogP contribution in [0, 0.1) is 5.82 Å². The summed E-state index contributed by atoms with van der Waals surface area (Å²) in [5.74, 6) is -2.54. The van der Waals surface area contributed by atoms with Crippen molar-refractivity contribution in [1.29, 1.82) is 0 Å². The monoisotopic (exact) mass is 431 g/mol. The molecular weight excluding hydrogens is 413 g/mol. The summed E-state index contributed by atoms with van der Waals surface area (Å²) in [4.78, 5) is 27.2. The maximum absolute atomic E-state index is 14.9. The number of Topliss-reactive ketones (excluding diaryl/α,β-unsaturated/α-hetero) is 1. The Hall–Kier alpha value is -4.13. The van der Waals surface area contributed by atoms with Crippen molar-refractivity contribution in [2.75, 3.05) is 11.5 Å². The second-order valence-electron chi connectivity index (χ2n) is 7.60. The van der Waals surface area contributed by atoms with Crippen LogP contribution in [0.25, 0.3) is 5.76 Å². The van der Waals surface area contributed by atoms with E-state index < -0.39 is 29.3 Å². The van der Waals surface area contributed by atoms with E-state index in [9.17, 15) is 24.2 Å². The number of ether oxygens (including phenoxy) is 1. The summed E-state index contributed by atoms with van der Waals surface area (Å²) in [7, 11) is 0. The summed E-state index contributed by atoms with van der Waals surface area (Å²) in [6.45, 7) is 0.520. The van der Waals surface area contributed by atoms with Gasteiger partial charge in [0.1, 0.15) is 23.1 Å². The molecule has 0 spiro atoms. The quantitative estimate of drug-likeness (QED) is 0.371. The molecule has 7 heteroatoms. The van der Waals surface area contributed by atoms with Crippen LogP contribution in [0.15, 0.2) is 72.3 Å². The first-order valence-electron chi connectivity index (χ1n) is 10.1. The van der Waals surface area contributed by atoms with Crippen molar-refractivity contribution in [3.8, 4) is 11.5 Å². The van der Waals surface area contributed by atoms with Crippen LogP contribution in [-0.4, -0.2) is 28.5 Å². The van der Waals surface area contributed by atoms with E-state index in [0.29, 0.717) is 24.3 Å². The van der Waals surface area contributed by atoms with E-state index in [1.54, 1.807) is 36.4 Å². The van der Waals surface area contributed by atoms with Crippen molar-refractivity contribution >= 4 is 23.1 Å². The van der Waals surface area contributed by atoms with Crippen molar-refractivity contribution in [2.24, 2.45) is 0 Å². The van der Waals surface area contributed by atoms with E-state index in [2.05, 4.69) is 0 Å². The Morgan fingerprint density at radius 3 is 2.56 bits per heavy atom. The topological polar surface area (TPSA) is 87.1 Å². The number of rotatable bonds is 3. The molecule has 0 saturated carbocycles. The number of carbonyl (C=O) groups is 2. The van der Waals surface area contributed by atoms with Gasteiger partial charge in [-0.25, -0.2) is 4.39 Å². The number of aliphatic hydroxyl groups excluding tert-OH is 1. The number of fused-ring (bicyclic) bond motifs is 1. The highest BCUT2D eigenvalue weighted by atomic mass is 19.1.